The summed E-state index contributed by atoms with van der Waals surface area (Å²) in [5.41, 5.74) is 0. The third kappa shape index (κ3) is 5.19. The Morgan fingerprint density at radius 2 is 2.08 bits per heavy atom. The first kappa shape index (κ1) is 9.98. The van der Waals surface area contributed by atoms with E-state index in [2.05, 4.69) is 10.1 Å². The second-order valence-electron chi connectivity index (χ2n) is 3.13. The van der Waals surface area contributed by atoms with Crippen LogP contribution in [-0.4, -0.2) is 36.7 Å². The van der Waals surface area contributed by atoms with Gasteiger partial charge in [0.2, 0.25) is 5.91 Å². The Kier molecular flexibility index (Phi) is 3.70. The molecule has 0 aromatic carbocycles. The lowest BCUT2D eigenvalue weighted by molar-refractivity contribution is -0.143. The van der Waals surface area contributed by atoms with Gasteiger partial charge in [-0.15, -0.1) is 0 Å². The van der Waals surface area contributed by atoms with Gasteiger partial charge in [-0.25, -0.2) is 4.79 Å². The number of carbonyl (C=O) groups is 2. The fraction of sp³-hybridized carbons (Fsp3) is 0.750. The lowest BCUT2D eigenvalue weighted by atomic mass is 10.4. The molecule has 5 heteroatoms. The molecule has 0 atom stereocenters. The average Bonchev–Trinajstić information content (AvgIpc) is 2.83. The maximum absolute atomic E-state index is 10.9. The first-order valence-electron chi connectivity index (χ1n) is 4.24. The highest BCUT2D eigenvalue weighted by Crippen LogP contribution is 2.27. The van der Waals surface area contributed by atoms with Gasteiger partial charge in [0.1, 0.15) is 13.2 Å². The molecule has 0 aromatic heterocycles. The molecule has 0 aromatic rings. The maximum atomic E-state index is 10.9. The van der Waals surface area contributed by atoms with Crippen LogP contribution in [0, 0.1) is 5.92 Å². The molecule has 13 heavy (non-hydrogen) atoms. The molecule has 1 amide bonds. The standard InChI is InChI=1S/C8H13NO4/c10-7(4-13-5-8(11)12)9-3-6-1-2-6/h6H,1-5H2,(H,9,10)(H,11,12). The van der Waals surface area contributed by atoms with Gasteiger partial charge in [0.15, 0.2) is 0 Å². The molecule has 74 valence electrons. The van der Waals surface area contributed by atoms with Gasteiger partial charge in [0.25, 0.3) is 0 Å². The van der Waals surface area contributed by atoms with Crippen LogP contribution in [0.1, 0.15) is 12.8 Å². The largest absolute Gasteiger partial charge is 0.480 e. The Balaban J connectivity index is 1.93. The van der Waals surface area contributed by atoms with Gasteiger partial charge >= 0.3 is 5.97 Å². The molecule has 5 nitrogen and oxygen atoms in total. The van der Waals surface area contributed by atoms with Crippen molar-refractivity contribution in [2.45, 2.75) is 12.8 Å². The molecule has 1 aliphatic rings. The monoisotopic (exact) mass is 187 g/mol. The number of carbonyl (C=O) groups excluding carboxylic acids is 1. The summed E-state index contributed by atoms with van der Waals surface area (Å²) < 4.78 is 4.60. The summed E-state index contributed by atoms with van der Waals surface area (Å²) in [6.07, 6.45) is 2.35. The summed E-state index contributed by atoms with van der Waals surface area (Å²) in [5, 5.41) is 10.9. The van der Waals surface area contributed by atoms with Crippen LogP contribution in [0.3, 0.4) is 0 Å². The predicted molar refractivity (Wildman–Crippen MR) is 44.2 cm³/mol. The maximum Gasteiger partial charge on any atom is 0.329 e. The van der Waals surface area contributed by atoms with Gasteiger partial charge in [-0.2, -0.15) is 0 Å². The summed E-state index contributed by atoms with van der Waals surface area (Å²) in [4.78, 5) is 20.9. The smallest absolute Gasteiger partial charge is 0.329 e. The van der Waals surface area contributed by atoms with Crippen LogP contribution in [0.15, 0.2) is 0 Å². The molecule has 0 saturated heterocycles. The Hall–Kier alpha value is -1.10. The fourth-order valence-corrected chi connectivity index (χ4v) is 0.862. The van der Waals surface area contributed by atoms with Gasteiger partial charge in [0, 0.05) is 6.54 Å². The highest BCUT2D eigenvalue weighted by molar-refractivity contribution is 5.77. The zero-order chi connectivity index (χ0) is 9.68. The SMILES string of the molecule is O=C(O)COCC(=O)NCC1CC1. The molecule has 1 rings (SSSR count). The van der Waals surface area contributed by atoms with Gasteiger partial charge in [-0.1, -0.05) is 0 Å². The number of hydrogen-bond donors (Lipinski definition) is 2. The minimum Gasteiger partial charge on any atom is -0.480 e. The van der Waals surface area contributed by atoms with Crippen LogP contribution < -0.4 is 5.32 Å². The van der Waals surface area contributed by atoms with Crippen molar-refractivity contribution < 1.29 is 19.4 Å². The normalized spacial score (nSPS) is 15.4. The number of aliphatic carboxylic acids is 1. The molecule has 1 fully saturated rings. The number of nitrogens with one attached hydrogen (secondary N) is 1. The van der Waals surface area contributed by atoms with Crippen molar-refractivity contribution in [3.8, 4) is 0 Å². The van der Waals surface area contributed by atoms with Crippen molar-refractivity contribution in [3.63, 3.8) is 0 Å². The van der Waals surface area contributed by atoms with E-state index in [1.807, 2.05) is 0 Å². The Morgan fingerprint density at radius 1 is 1.38 bits per heavy atom. The summed E-state index contributed by atoms with van der Waals surface area (Å²) in [6, 6.07) is 0. The second-order valence-corrected chi connectivity index (χ2v) is 3.13. The average molecular weight is 187 g/mol. The number of carboxylic acid groups (broad SMARTS) is 1. The highest BCUT2D eigenvalue weighted by Gasteiger charge is 2.21. The minimum atomic E-state index is -1.06. The van der Waals surface area contributed by atoms with Gasteiger partial charge in [-0.3, -0.25) is 4.79 Å². The number of ether oxygens (including phenoxy) is 1. The van der Waals surface area contributed by atoms with Crippen LogP contribution in [0.5, 0.6) is 0 Å². The van der Waals surface area contributed by atoms with E-state index in [-0.39, 0.29) is 12.5 Å². The van der Waals surface area contributed by atoms with Gasteiger partial charge < -0.3 is 15.2 Å². The molecule has 0 bridgehead atoms. The summed E-state index contributed by atoms with van der Waals surface area (Å²) in [5.74, 6) is -0.674. The molecular formula is C8H13NO4. The van der Waals surface area contributed by atoms with Crippen molar-refractivity contribution >= 4 is 11.9 Å². The van der Waals surface area contributed by atoms with Crippen LogP contribution >= 0.6 is 0 Å². The van der Waals surface area contributed by atoms with E-state index in [1.54, 1.807) is 0 Å². The number of amides is 1. The van der Waals surface area contributed by atoms with E-state index in [9.17, 15) is 9.59 Å². The molecule has 1 saturated carbocycles. The topological polar surface area (TPSA) is 75.6 Å². The van der Waals surface area contributed by atoms with Crippen LogP contribution in [0.25, 0.3) is 0 Å². The van der Waals surface area contributed by atoms with E-state index in [4.69, 9.17) is 5.11 Å². The third-order valence-electron chi connectivity index (χ3n) is 1.74. The van der Waals surface area contributed by atoms with Crippen LogP contribution in [0.4, 0.5) is 0 Å². The molecule has 0 spiro atoms. The van der Waals surface area contributed by atoms with Crippen molar-refractivity contribution in [1.82, 2.24) is 5.32 Å². The van der Waals surface area contributed by atoms with E-state index < -0.39 is 12.6 Å². The zero-order valence-corrected chi connectivity index (χ0v) is 7.28. The number of rotatable bonds is 6. The zero-order valence-electron chi connectivity index (χ0n) is 7.28. The Labute approximate surface area is 76.1 Å². The highest BCUT2D eigenvalue weighted by atomic mass is 16.5. The third-order valence-corrected chi connectivity index (χ3v) is 1.74. The molecule has 0 radical (unpaired) electrons. The van der Waals surface area contributed by atoms with Crippen LogP contribution in [0.2, 0.25) is 0 Å². The number of carboxylic acids is 1. The summed E-state index contributed by atoms with van der Waals surface area (Å²) >= 11 is 0. The van der Waals surface area contributed by atoms with E-state index in [1.165, 1.54) is 12.8 Å². The summed E-state index contributed by atoms with van der Waals surface area (Å²) in [7, 11) is 0. The van der Waals surface area contributed by atoms with Crippen molar-refractivity contribution in [2.75, 3.05) is 19.8 Å². The van der Waals surface area contributed by atoms with Gasteiger partial charge in [0.05, 0.1) is 0 Å². The lowest BCUT2D eigenvalue weighted by Crippen LogP contribution is -2.30. The van der Waals surface area contributed by atoms with E-state index >= 15 is 0 Å². The quantitative estimate of drug-likeness (QED) is 0.594. The second kappa shape index (κ2) is 4.81. The fourth-order valence-electron chi connectivity index (χ4n) is 0.862. The molecule has 0 unspecified atom stereocenters. The summed E-state index contributed by atoms with van der Waals surface area (Å²) in [6.45, 7) is 0.102. The predicted octanol–water partition coefficient (Wildman–Crippen LogP) is -0.386. The van der Waals surface area contributed by atoms with Crippen LogP contribution in [-0.2, 0) is 14.3 Å². The lowest BCUT2D eigenvalue weighted by Gasteiger charge is -2.03. The first-order valence-corrected chi connectivity index (χ1v) is 4.24. The van der Waals surface area contributed by atoms with E-state index in [0.717, 1.165) is 0 Å². The Morgan fingerprint density at radius 3 is 2.62 bits per heavy atom. The molecule has 0 aliphatic heterocycles. The molecule has 0 heterocycles. The van der Waals surface area contributed by atoms with Crippen molar-refractivity contribution in [3.05, 3.63) is 0 Å². The molecule has 1 aliphatic carbocycles. The minimum absolute atomic E-state index is 0.168. The van der Waals surface area contributed by atoms with Crippen molar-refractivity contribution in [1.29, 1.82) is 0 Å². The van der Waals surface area contributed by atoms with Gasteiger partial charge in [-0.05, 0) is 18.8 Å². The number of hydrogen-bond acceptors (Lipinski definition) is 3. The Bertz CT molecular complexity index is 200. The van der Waals surface area contributed by atoms with E-state index in [0.29, 0.717) is 12.5 Å². The first-order chi connectivity index (χ1) is 6.18. The molecular weight excluding hydrogens is 174 g/mol. The molecule has 2 N–H and O–H groups in total. The van der Waals surface area contributed by atoms with Crippen molar-refractivity contribution in [2.24, 2.45) is 5.92 Å².